The van der Waals surface area contributed by atoms with Crippen molar-refractivity contribution in [2.24, 2.45) is 0 Å². The minimum atomic E-state index is -4.39. The van der Waals surface area contributed by atoms with Crippen molar-refractivity contribution in [1.82, 2.24) is 20.5 Å². The summed E-state index contributed by atoms with van der Waals surface area (Å²) in [6, 6.07) is 19.2. The summed E-state index contributed by atoms with van der Waals surface area (Å²) < 4.78 is 38.4. The van der Waals surface area contributed by atoms with Gasteiger partial charge in [-0.2, -0.15) is 18.3 Å². The molecule has 4 aromatic rings. The summed E-state index contributed by atoms with van der Waals surface area (Å²) in [6.45, 7) is 0.434. The molecule has 5 nitrogen and oxygen atoms in total. The first-order chi connectivity index (χ1) is 15.4. The molecule has 0 saturated carbocycles. The molecule has 0 saturated heterocycles. The standard InChI is InChI=1S/C24H19F3N4O/c25-24(26,27)17-10-8-16(9-11-17)21-15-22(31-30-21)19-6-1-2-7-20(19)23(32)29-14-12-18-5-3-4-13-28-18/h1-11,13,15H,12,14H2,(H,29,32)(H,30,31). The van der Waals surface area contributed by atoms with Crippen LogP contribution in [0.1, 0.15) is 21.6 Å². The molecule has 0 fully saturated rings. The summed E-state index contributed by atoms with van der Waals surface area (Å²) >= 11 is 0. The van der Waals surface area contributed by atoms with Crippen LogP contribution >= 0.6 is 0 Å². The number of alkyl halides is 3. The Hall–Kier alpha value is -3.94. The van der Waals surface area contributed by atoms with Crippen molar-refractivity contribution in [3.63, 3.8) is 0 Å². The molecule has 0 atom stereocenters. The third-order valence-electron chi connectivity index (χ3n) is 4.94. The van der Waals surface area contributed by atoms with Crippen LogP contribution in [0.4, 0.5) is 13.2 Å². The fraction of sp³-hybridized carbons (Fsp3) is 0.125. The van der Waals surface area contributed by atoms with Crippen LogP contribution in [0.5, 0.6) is 0 Å². The lowest BCUT2D eigenvalue weighted by Crippen LogP contribution is -2.26. The molecular formula is C24H19F3N4O. The SMILES string of the molecule is O=C(NCCc1ccccn1)c1ccccc1-c1cc(-c2ccc(C(F)(F)F)cc2)n[nH]1. The van der Waals surface area contributed by atoms with Crippen molar-refractivity contribution in [3.05, 3.63) is 95.8 Å². The van der Waals surface area contributed by atoms with Crippen LogP contribution in [0.2, 0.25) is 0 Å². The van der Waals surface area contributed by atoms with Gasteiger partial charge in [0, 0.05) is 41.5 Å². The van der Waals surface area contributed by atoms with Gasteiger partial charge in [0.05, 0.1) is 17.0 Å². The van der Waals surface area contributed by atoms with Gasteiger partial charge in [-0.3, -0.25) is 14.9 Å². The van der Waals surface area contributed by atoms with E-state index in [1.165, 1.54) is 12.1 Å². The molecule has 0 aliphatic rings. The van der Waals surface area contributed by atoms with E-state index in [0.717, 1.165) is 17.8 Å². The fourth-order valence-corrected chi connectivity index (χ4v) is 3.30. The van der Waals surface area contributed by atoms with E-state index in [1.807, 2.05) is 18.2 Å². The van der Waals surface area contributed by atoms with Crippen molar-refractivity contribution in [1.29, 1.82) is 0 Å². The number of aromatic nitrogens is 3. The average molecular weight is 436 g/mol. The lowest BCUT2D eigenvalue weighted by atomic mass is 10.0. The Bertz CT molecular complexity index is 1200. The zero-order valence-corrected chi connectivity index (χ0v) is 16.9. The third kappa shape index (κ3) is 4.85. The Labute approximate surface area is 182 Å². The van der Waals surface area contributed by atoms with Crippen LogP contribution in [0.3, 0.4) is 0 Å². The predicted octanol–water partition coefficient (Wildman–Crippen LogP) is 5.13. The van der Waals surface area contributed by atoms with Gasteiger partial charge in [-0.25, -0.2) is 0 Å². The van der Waals surface area contributed by atoms with Gasteiger partial charge in [0.25, 0.3) is 5.91 Å². The van der Waals surface area contributed by atoms with E-state index in [2.05, 4.69) is 20.5 Å². The maximum Gasteiger partial charge on any atom is 0.416 e. The monoisotopic (exact) mass is 436 g/mol. The van der Waals surface area contributed by atoms with Crippen molar-refractivity contribution in [2.75, 3.05) is 6.54 Å². The largest absolute Gasteiger partial charge is 0.416 e. The molecule has 0 aliphatic carbocycles. The molecule has 0 spiro atoms. The molecule has 0 unspecified atom stereocenters. The number of H-pyrrole nitrogens is 1. The number of hydrogen-bond acceptors (Lipinski definition) is 3. The number of nitrogens with one attached hydrogen (secondary N) is 2. The topological polar surface area (TPSA) is 70.7 Å². The zero-order valence-electron chi connectivity index (χ0n) is 16.9. The van der Waals surface area contributed by atoms with E-state index >= 15 is 0 Å². The lowest BCUT2D eigenvalue weighted by Gasteiger charge is -2.09. The number of amides is 1. The smallest absolute Gasteiger partial charge is 0.352 e. The maximum absolute atomic E-state index is 12.8. The number of pyridine rings is 1. The molecule has 2 N–H and O–H groups in total. The van der Waals surface area contributed by atoms with Gasteiger partial charge >= 0.3 is 6.18 Å². The molecule has 32 heavy (non-hydrogen) atoms. The maximum atomic E-state index is 12.8. The molecule has 2 heterocycles. The molecule has 0 radical (unpaired) electrons. The molecule has 0 aliphatic heterocycles. The Balaban J connectivity index is 1.50. The molecule has 162 valence electrons. The molecule has 0 bridgehead atoms. The van der Waals surface area contributed by atoms with Gasteiger partial charge in [0.2, 0.25) is 0 Å². The van der Waals surface area contributed by atoms with Crippen LogP contribution in [0.15, 0.2) is 79.0 Å². The number of carbonyl (C=O) groups is 1. The van der Waals surface area contributed by atoms with Gasteiger partial charge in [-0.05, 0) is 36.4 Å². The van der Waals surface area contributed by atoms with Crippen LogP contribution in [-0.2, 0) is 12.6 Å². The first-order valence-corrected chi connectivity index (χ1v) is 9.92. The Morgan fingerprint density at radius 1 is 0.969 bits per heavy atom. The Morgan fingerprint density at radius 3 is 2.44 bits per heavy atom. The third-order valence-corrected chi connectivity index (χ3v) is 4.94. The van der Waals surface area contributed by atoms with Crippen LogP contribution in [0, 0.1) is 0 Å². The van der Waals surface area contributed by atoms with Crippen molar-refractivity contribution in [3.8, 4) is 22.5 Å². The van der Waals surface area contributed by atoms with Crippen LogP contribution in [-0.4, -0.2) is 27.6 Å². The van der Waals surface area contributed by atoms with Gasteiger partial charge < -0.3 is 5.32 Å². The second-order valence-corrected chi connectivity index (χ2v) is 7.11. The summed E-state index contributed by atoms with van der Waals surface area (Å²) in [5, 5.41) is 9.99. The minimum Gasteiger partial charge on any atom is -0.352 e. The molecule has 1 amide bonds. The number of benzene rings is 2. The van der Waals surface area contributed by atoms with E-state index in [1.54, 1.807) is 36.5 Å². The molecule has 4 rings (SSSR count). The summed E-state index contributed by atoms with van der Waals surface area (Å²) in [6.07, 6.45) is -2.08. The average Bonchev–Trinajstić information content (AvgIpc) is 3.29. The predicted molar refractivity (Wildman–Crippen MR) is 115 cm³/mol. The van der Waals surface area contributed by atoms with Crippen LogP contribution < -0.4 is 5.32 Å². The van der Waals surface area contributed by atoms with Crippen molar-refractivity contribution < 1.29 is 18.0 Å². The summed E-state index contributed by atoms with van der Waals surface area (Å²) in [4.78, 5) is 17.0. The number of halogens is 3. The molecular weight excluding hydrogens is 417 g/mol. The van der Waals surface area contributed by atoms with Gasteiger partial charge in [0.15, 0.2) is 0 Å². The number of nitrogens with zero attached hydrogens (tertiary/aromatic N) is 2. The highest BCUT2D eigenvalue weighted by atomic mass is 19.4. The van der Waals surface area contributed by atoms with E-state index in [4.69, 9.17) is 0 Å². The first-order valence-electron chi connectivity index (χ1n) is 9.92. The minimum absolute atomic E-state index is 0.234. The summed E-state index contributed by atoms with van der Waals surface area (Å²) in [5.41, 5.74) is 2.90. The van der Waals surface area contributed by atoms with E-state index in [-0.39, 0.29) is 5.91 Å². The zero-order chi connectivity index (χ0) is 22.6. The fourth-order valence-electron chi connectivity index (χ4n) is 3.30. The van der Waals surface area contributed by atoms with Gasteiger partial charge in [-0.1, -0.05) is 36.4 Å². The van der Waals surface area contributed by atoms with Gasteiger partial charge in [-0.15, -0.1) is 0 Å². The van der Waals surface area contributed by atoms with Crippen molar-refractivity contribution in [2.45, 2.75) is 12.6 Å². The number of hydrogen-bond donors (Lipinski definition) is 2. The number of aromatic amines is 1. The van der Waals surface area contributed by atoms with Crippen molar-refractivity contribution >= 4 is 5.91 Å². The quantitative estimate of drug-likeness (QED) is 0.440. The second kappa shape index (κ2) is 9.05. The highest BCUT2D eigenvalue weighted by Gasteiger charge is 2.30. The normalized spacial score (nSPS) is 11.3. The first kappa shape index (κ1) is 21.3. The summed E-state index contributed by atoms with van der Waals surface area (Å²) in [7, 11) is 0. The van der Waals surface area contributed by atoms with E-state index in [0.29, 0.717) is 41.0 Å². The van der Waals surface area contributed by atoms with Crippen LogP contribution in [0.25, 0.3) is 22.5 Å². The van der Waals surface area contributed by atoms with E-state index in [9.17, 15) is 18.0 Å². The Morgan fingerprint density at radius 2 is 1.72 bits per heavy atom. The number of rotatable bonds is 6. The second-order valence-electron chi connectivity index (χ2n) is 7.11. The molecule has 8 heteroatoms. The summed E-state index contributed by atoms with van der Waals surface area (Å²) in [5.74, 6) is -0.234. The highest BCUT2D eigenvalue weighted by Crippen LogP contribution is 2.31. The molecule has 2 aromatic carbocycles. The Kier molecular flexibility index (Phi) is 6.02. The van der Waals surface area contributed by atoms with E-state index < -0.39 is 11.7 Å². The molecule has 2 aromatic heterocycles. The highest BCUT2D eigenvalue weighted by molar-refractivity contribution is 6.00. The van der Waals surface area contributed by atoms with Gasteiger partial charge in [0.1, 0.15) is 0 Å². The lowest BCUT2D eigenvalue weighted by molar-refractivity contribution is -0.137. The number of carbonyl (C=O) groups excluding carboxylic acids is 1.